The average molecular weight is 383 g/mol. The highest BCUT2D eigenvalue weighted by atomic mass is 28.4. The van der Waals surface area contributed by atoms with Gasteiger partial charge in [0.25, 0.3) is 0 Å². The van der Waals surface area contributed by atoms with Gasteiger partial charge in [0.05, 0.1) is 6.61 Å². The van der Waals surface area contributed by atoms with Crippen LogP contribution in [0.15, 0.2) is 12.1 Å². The lowest BCUT2D eigenvalue weighted by atomic mass is 9.85. The van der Waals surface area contributed by atoms with Crippen molar-refractivity contribution < 1.29 is 18.0 Å². The van der Waals surface area contributed by atoms with E-state index < -0.39 is 8.80 Å². The van der Waals surface area contributed by atoms with Gasteiger partial charge in [-0.25, -0.2) is 0 Å². The van der Waals surface area contributed by atoms with Crippen molar-refractivity contribution in [2.45, 2.75) is 73.3 Å². The van der Waals surface area contributed by atoms with E-state index in [1.54, 1.807) is 0 Å². The predicted molar refractivity (Wildman–Crippen MR) is 110 cm³/mol. The summed E-state index contributed by atoms with van der Waals surface area (Å²) in [5.41, 5.74) is 3.87. The molecular formula is C21H38O4Si. The largest absolute Gasteiger partial charge is 0.501 e. The fourth-order valence-electron chi connectivity index (χ4n) is 3.08. The van der Waals surface area contributed by atoms with Crippen molar-refractivity contribution in [3.8, 4) is 5.75 Å². The first kappa shape index (κ1) is 23.2. The van der Waals surface area contributed by atoms with Gasteiger partial charge in [-0.2, -0.15) is 0 Å². The van der Waals surface area contributed by atoms with Crippen molar-refractivity contribution in [3.05, 3.63) is 28.8 Å². The van der Waals surface area contributed by atoms with Crippen LogP contribution in [0.5, 0.6) is 5.75 Å². The molecule has 0 heterocycles. The zero-order valence-corrected chi connectivity index (χ0v) is 19.0. The highest BCUT2D eigenvalue weighted by Crippen LogP contribution is 2.31. The molecule has 0 spiro atoms. The lowest BCUT2D eigenvalue weighted by Gasteiger charge is -2.28. The lowest BCUT2D eigenvalue weighted by molar-refractivity contribution is 0.0696. The summed E-state index contributed by atoms with van der Waals surface area (Å²) in [5.74, 6) is 0.995. The molecule has 4 nitrogen and oxygen atoms in total. The highest BCUT2D eigenvalue weighted by molar-refractivity contribution is 6.60. The van der Waals surface area contributed by atoms with Crippen LogP contribution in [-0.4, -0.2) is 35.2 Å². The number of benzene rings is 1. The molecule has 0 aromatic heterocycles. The Morgan fingerprint density at radius 2 is 1.31 bits per heavy atom. The zero-order valence-electron chi connectivity index (χ0n) is 18.0. The fourth-order valence-corrected chi connectivity index (χ4v) is 5.65. The van der Waals surface area contributed by atoms with Gasteiger partial charge in [0, 0.05) is 25.9 Å². The molecule has 0 unspecified atom stereocenters. The van der Waals surface area contributed by atoms with E-state index in [0.29, 0.717) is 26.4 Å². The van der Waals surface area contributed by atoms with Gasteiger partial charge in [0.1, 0.15) is 5.75 Å². The molecule has 1 aromatic rings. The molecule has 1 rings (SSSR count). The Hall–Kier alpha value is -0.883. The van der Waals surface area contributed by atoms with Crippen molar-refractivity contribution in [2.24, 2.45) is 0 Å². The SMILES string of the molecule is CCO[Si](CCCOc1c(C)cc(C(C)(C)C)cc1C)(OCC)OCC. The Labute approximate surface area is 161 Å². The van der Waals surface area contributed by atoms with Crippen LogP contribution < -0.4 is 4.74 Å². The summed E-state index contributed by atoms with van der Waals surface area (Å²) >= 11 is 0. The molecular weight excluding hydrogens is 344 g/mol. The van der Waals surface area contributed by atoms with E-state index in [4.69, 9.17) is 18.0 Å². The second-order valence-corrected chi connectivity index (χ2v) is 10.4. The molecule has 0 aliphatic carbocycles. The smallest absolute Gasteiger partial charge is 0.493 e. The number of hydrogen-bond donors (Lipinski definition) is 0. The molecule has 0 radical (unpaired) electrons. The number of rotatable bonds is 11. The Bertz CT molecular complexity index is 511. The van der Waals surface area contributed by atoms with E-state index in [-0.39, 0.29) is 5.41 Å². The van der Waals surface area contributed by atoms with Gasteiger partial charge < -0.3 is 18.0 Å². The molecule has 1 aromatic carbocycles. The summed E-state index contributed by atoms with van der Waals surface area (Å²) in [5, 5.41) is 0. The average Bonchev–Trinajstić information content (AvgIpc) is 2.53. The van der Waals surface area contributed by atoms with Crippen LogP contribution in [0, 0.1) is 13.8 Å². The third kappa shape index (κ3) is 6.69. The molecule has 150 valence electrons. The van der Waals surface area contributed by atoms with Crippen LogP contribution >= 0.6 is 0 Å². The monoisotopic (exact) mass is 382 g/mol. The molecule has 0 aliphatic heterocycles. The minimum Gasteiger partial charge on any atom is -0.493 e. The number of hydrogen-bond acceptors (Lipinski definition) is 4. The maximum Gasteiger partial charge on any atom is 0.501 e. The Morgan fingerprint density at radius 1 is 0.846 bits per heavy atom. The molecule has 26 heavy (non-hydrogen) atoms. The summed E-state index contributed by atoms with van der Waals surface area (Å²) in [4.78, 5) is 0. The van der Waals surface area contributed by atoms with Gasteiger partial charge in [0.2, 0.25) is 0 Å². The van der Waals surface area contributed by atoms with E-state index in [1.165, 1.54) is 16.7 Å². The number of aryl methyl sites for hydroxylation is 2. The summed E-state index contributed by atoms with van der Waals surface area (Å²) in [6, 6.07) is 5.25. The van der Waals surface area contributed by atoms with Gasteiger partial charge >= 0.3 is 8.80 Å². The van der Waals surface area contributed by atoms with Crippen LogP contribution in [0.25, 0.3) is 0 Å². The summed E-state index contributed by atoms with van der Waals surface area (Å²) in [6.07, 6.45) is 0.853. The standard InChI is InChI=1S/C21H38O4Si/c1-9-23-26(24-10-2,25-11-3)14-12-13-22-20-17(4)15-19(16-18(20)5)21(6,7)8/h15-16H,9-14H2,1-8H3. The first-order valence-corrected chi connectivity index (χ1v) is 11.8. The van der Waals surface area contributed by atoms with Gasteiger partial charge in [-0.15, -0.1) is 0 Å². The van der Waals surface area contributed by atoms with Crippen LogP contribution in [0.2, 0.25) is 6.04 Å². The normalized spacial score (nSPS) is 12.5. The Morgan fingerprint density at radius 3 is 1.69 bits per heavy atom. The summed E-state index contributed by atoms with van der Waals surface area (Å²) < 4.78 is 23.8. The zero-order chi connectivity index (χ0) is 19.8. The van der Waals surface area contributed by atoms with E-state index >= 15 is 0 Å². The second-order valence-electron chi connectivity index (χ2n) is 7.62. The van der Waals surface area contributed by atoms with Crippen molar-refractivity contribution in [1.29, 1.82) is 0 Å². The van der Waals surface area contributed by atoms with Crippen molar-refractivity contribution in [1.82, 2.24) is 0 Å². The van der Waals surface area contributed by atoms with Crippen LogP contribution in [-0.2, 0) is 18.7 Å². The quantitative estimate of drug-likeness (QED) is 0.378. The third-order valence-corrected chi connectivity index (χ3v) is 7.44. The van der Waals surface area contributed by atoms with Crippen LogP contribution in [0.3, 0.4) is 0 Å². The topological polar surface area (TPSA) is 36.9 Å². The lowest BCUT2D eigenvalue weighted by Crippen LogP contribution is -2.46. The van der Waals surface area contributed by atoms with E-state index in [0.717, 1.165) is 18.2 Å². The van der Waals surface area contributed by atoms with E-state index in [9.17, 15) is 0 Å². The third-order valence-electron chi connectivity index (χ3n) is 4.29. The predicted octanol–water partition coefficient (Wildman–Crippen LogP) is 5.42. The molecule has 0 fully saturated rings. The maximum absolute atomic E-state index is 6.12. The minimum atomic E-state index is -2.57. The second kappa shape index (κ2) is 10.5. The van der Waals surface area contributed by atoms with Gasteiger partial charge in [-0.05, 0) is 63.1 Å². The molecule has 5 heteroatoms. The molecule has 0 N–H and O–H groups in total. The molecule has 0 amide bonds. The minimum absolute atomic E-state index is 0.145. The molecule has 0 saturated carbocycles. The van der Waals surface area contributed by atoms with Crippen LogP contribution in [0.4, 0.5) is 0 Å². The van der Waals surface area contributed by atoms with Crippen molar-refractivity contribution >= 4 is 8.80 Å². The first-order valence-electron chi connectivity index (χ1n) is 9.85. The highest BCUT2D eigenvalue weighted by Gasteiger charge is 2.39. The fraction of sp³-hybridized carbons (Fsp3) is 0.714. The Balaban J connectivity index is 2.72. The van der Waals surface area contributed by atoms with Crippen molar-refractivity contribution in [2.75, 3.05) is 26.4 Å². The van der Waals surface area contributed by atoms with E-state index in [1.807, 2.05) is 20.8 Å². The van der Waals surface area contributed by atoms with Gasteiger partial charge in [0.15, 0.2) is 0 Å². The van der Waals surface area contributed by atoms with Crippen LogP contribution in [0.1, 0.15) is 64.7 Å². The molecule has 0 saturated heterocycles. The summed E-state index contributed by atoms with van der Waals surface area (Å²) in [7, 11) is -2.57. The Kier molecular flexibility index (Phi) is 9.31. The van der Waals surface area contributed by atoms with Gasteiger partial charge in [-0.3, -0.25) is 0 Å². The van der Waals surface area contributed by atoms with Gasteiger partial charge in [-0.1, -0.05) is 32.9 Å². The molecule has 0 bridgehead atoms. The molecule has 0 aliphatic rings. The maximum atomic E-state index is 6.12. The number of ether oxygens (including phenoxy) is 1. The molecule has 0 atom stereocenters. The van der Waals surface area contributed by atoms with E-state index in [2.05, 4.69) is 46.8 Å². The van der Waals surface area contributed by atoms with Crippen molar-refractivity contribution in [3.63, 3.8) is 0 Å². The first-order chi connectivity index (χ1) is 12.2. The summed E-state index contributed by atoms with van der Waals surface area (Å²) in [6.45, 7) is 19.4.